The number of nitriles is 1. The van der Waals surface area contributed by atoms with E-state index in [1.807, 2.05) is 53.2 Å². The fourth-order valence-corrected chi connectivity index (χ4v) is 3.28. The lowest BCUT2D eigenvalue weighted by Gasteiger charge is -2.21. The summed E-state index contributed by atoms with van der Waals surface area (Å²) in [5.41, 5.74) is 2.95. The SMILES string of the molecule is N#Cc1cccc(N2CCCn3nc(C(O)c4ccccc4)cc3C2)n1. The van der Waals surface area contributed by atoms with E-state index in [-0.39, 0.29) is 0 Å². The molecule has 130 valence electrons. The van der Waals surface area contributed by atoms with Crippen molar-refractivity contribution in [3.63, 3.8) is 0 Å². The van der Waals surface area contributed by atoms with E-state index in [2.05, 4.69) is 21.1 Å². The molecule has 3 heterocycles. The van der Waals surface area contributed by atoms with Crippen LogP contribution in [-0.2, 0) is 13.1 Å². The van der Waals surface area contributed by atoms with Gasteiger partial charge in [0.05, 0.1) is 17.9 Å². The Morgan fingerprint density at radius 2 is 1.92 bits per heavy atom. The summed E-state index contributed by atoms with van der Waals surface area (Å²) in [5.74, 6) is 0.795. The van der Waals surface area contributed by atoms with E-state index in [4.69, 9.17) is 5.26 Å². The van der Waals surface area contributed by atoms with Gasteiger partial charge in [0.25, 0.3) is 0 Å². The number of aliphatic hydroxyl groups is 1. The Balaban J connectivity index is 1.61. The van der Waals surface area contributed by atoms with Gasteiger partial charge in [-0.2, -0.15) is 10.4 Å². The molecule has 4 rings (SSSR count). The lowest BCUT2D eigenvalue weighted by molar-refractivity contribution is 0.214. The summed E-state index contributed by atoms with van der Waals surface area (Å²) in [5, 5.41) is 24.3. The Bertz CT molecular complexity index is 944. The first-order valence-corrected chi connectivity index (χ1v) is 8.66. The zero-order valence-corrected chi connectivity index (χ0v) is 14.3. The number of benzene rings is 1. The van der Waals surface area contributed by atoms with Crippen LogP contribution in [0.4, 0.5) is 5.82 Å². The number of fused-ring (bicyclic) bond motifs is 1. The summed E-state index contributed by atoms with van der Waals surface area (Å²) in [6.45, 7) is 2.30. The molecule has 2 aromatic heterocycles. The minimum atomic E-state index is -0.732. The van der Waals surface area contributed by atoms with E-state index >= 15 is 0 Å². The average Bonchev–Trinajstić information content (AvgIpc) is 2.99. The molecule has 1 unspecified atom stereocenters. The standard InChI is InChI=1S/C20H19N5O/c21-13-16-8-4-9-19(22-16)24-10-5-11-25-17(14-24)12-18(23-25)20(26)15-6-2-1-3-7-15/h1-4,6-9,12,20,26H,5,10-11,14H2. The molecule has 3 aromatic rings. The molecule has 0 bridgehead atoms. The molecule has 6 heteroatoms. The van der Waals surface area contributed by atoms with Crippen LogP contribution in [0.3, 0.4) is 0 Å². The van der Waals surface area contributed by atoms with Gasteiger partial charge in [0, 0.05) is 13.1 Å². The van der Waals surface area contributed by atoms with Crippen molar-refractivity contribution in [2.24, 2.45) is 0 Å². The number of rotatable bonds is 3. The second-order valence-corrected chi connectivity index (χ2v) is 6.36. The highest BCUT2D eigenvalue weighted by Gasteiger charge is 2.21. The van der Waals surface area contributed by atoms with Crippen molar-refractivity contribution >= 4 is 5.82 Å². The number of aryl methyl sites for hydroxylation is 1. The van der Waals surface area contributed by atoms with Gasteiger partial charge in [-0.15, -0.1) is 0 Å². The first-order valence-electron chi connectivity index (χ1n) is 8.66. The Morgan fingerprint density at radius 1 is 1.08 bits per heavy atom. The molecule has 26 heavy (non-hydrogen) atoms. The van der Waals surface area contributed by atoms with Gasteiger partial charge in [-0.3, -0.25) is 4.68 Å². The fraction of sp³-hybridized carbons (Fsp3) is 0.250. The zero-order chi connectivity index (χ0) is 17.9. The van der Waals surface area contributed by atoms with Crippen LogP contribution >= 0.6 is 0 Å². The summed E-state index contributed by atoms with van der Waals surface area (Å²) in [6, 6.07) is 19.1. The summed E-state index contributed by atoms with van der Waals surface area (Å²) < 4.78 is 1.97. The molecule has 0 aliphatic carbocycles. The van der Waals surface area contributed by atoms with Gasteiger partial charge in [-0.25, -0.2) is 4.98 Å². The van der Waals surface area contributed by atoms with Crippen LogP contribution in [0.25, 0.3) is 0 Å². The van der Waals surface area contributed by atoms with Crippen LogP contribution in [0.2, 0.25) is 0 Å². The highest BCUT2D eigenvalue weighted by atomic mass is 16.3. The predicted molar refractivity (Wildman–Crippen MR) is 97.3 cm³/mol. The largest absolute Gasteiger partial charge is 0.382 e. The molecular formula is C20H19N5O. The maximum absolute atomic E-state index is 10.6. The molecule has 6 nitrogen and oxygen atoms in total. The number of pyridine rings is 1. The maximum Gasteiger partial charge on any atom is 0.142 e. The predicted octanol–water partition coefficient (Wildman–Crippen LogP) is 2.64. The molecule has 1 aromatic carbocycles. The summed E-state index contributed by atoms with van der Waals surface area (Å²) >= 11 is 0. The van der Waals surface area contributed by atoms with Crippen LogP contribution in [0.1, 0.15) is 35.2 Å². The smallest absolute Gasteiger partial charge is 0.142 e. The monoisotopic (exact) mass is 345 g/mol. The second kappa shape index (κ2) is 6.98. The molecule has 0 spiro atoms. The van der Waals surface area contributed by atoms with Gasteiger partial charge in [0.1, 0.15) is 23.7 Å². The third-order valence-corrected chi connectivity index (χ3v) is 4.60. The minimum Gasteiger partial charge on any atom is -0.382 e. The van der Waals surface area contributed by atoms with E-state index in [0.717, 1.165) is 36.6 Å². The molecule has 1 aliphatic rings. The number of hydrogen-bond acceptors (Lipinski definition) is 5. The molecule has 1 aliphatic heterocycles. The molecule has 0 amide bonds. The quantitative estimate of drug-likeness (QED) is 0.789. The van der Waals surface area contributed by atoms with Crippen LogP contribution < -0.4 is 4.90 Å². The lowest BCUT2D eigenvalue weighted by atomic mass is 10.1. The highest BCUT2D eigenvalue weighted by Crippen LogP contribution is 2.25. The molecule has 0 saturated carbocycles. The van der Waals surface area contributed by atoms with E-state index in [0.29, 0.717) is 17.9 Å². The Kier molecular flexibility index (Phi) is 4.38. The maximum atomic E-state index is 10.6. The van der Waals surface area contributed by atoms with Crippen molar-refractivity contribution in [1.82, 2.24) is 14.8 Å². The van der Waals surface area contributed by atoms with Gasteiger partial charge < -0.3 is 10.0 Å². The third kappa shape index (κ3) is 3.17. The molecule has 0 saturated heterocycles. The van der Waals surface area contributed by atoms with Crippen molar-refractivity contribution in [2.45, 2.75) is 25.6 Å². The van der Waals surface area contributed by atoms with Crippen molar-refractivity contribution in [1.29, 1.82) is 5.26 Å². The molecule has 0 radical (unpaired) electrons. The van der Waals surface area contributed by atoms with Crippen LogP contribution in [0, 0.1) is 11.3 Å². The van der Waals surface area contributed by atoms with Gasteiger partial charge in [-0.05, 0) is 30.2 Å². The number of hydrogen-bond donors (Lipinski definition) is 1. The lowest BCUT2D eigenvalue weighted by Crippen LogP contribution is -2.23. The highest BCUT2D eigenvalue weighted by molar-refractivity contribution is 5.42. The normalized spacial score (nSPS) is 15.0. The van der Waals surface area contributed by atoms with Crippen LogP contribution in [0.5, 0.6) is 0 Å². The van der Waals surface area contributed by atoms with Crippen LogP contribution in [0.15, 0.2) is 54.6 Å². The minimum absolute atomic E-state index is 0.417. The summed E-state index contributed by atoms with van der Waals surface area (Å²) in [6.07, 6.45) is 0.192. The van der Waals surface area contributed by atoms with E-state index < -0.39 is 6.10 Å². The number of anilines is 1. The topological polar surface area (TPSA) is 78.0 Å². The van der Waals surface area contributed by atoms with Crippen molar-refractivity contribution in [3.8, 4) is 6.07 Å². The van der Waals surface area contributed by atoms with E-state index in [9.17, 15) is 5.11 Å². The number of nitrogens with zero attached hydrogens (tertiary/aromatic N) is 5. The Hall–Kier alpha value is -3.17. The van der Waals surface area contributed by atoms with Gasteiger partial charge >= 0.3 is 0 Å². The first kappa shape index (κ1) is 16.3. The van der Waals surface area contributed by atoms with Crippen molar-refractivity contribution in [2.75, 3.05) is 11.4 Å². The van der Waals surface area contributed by atoms with E-state index in [1.54, 1.807) is 6.07 Å². The van der Waals surface area contributed by atoms with Gasteiger partial charge in [0.2, 0.25) is 0 Å². The summed E-state index contributed by atoms with van der Waals surface area (Å²) in [7, 11) is 0. The van der Waals surface area contributed by atoms with Gasteiger partial charge in [0.15, 0.2) is 0 Å². The molecule has 1 N–H and O–H groups in total. The van der Waals surface area contributed by atoms with Crippen LogP contribution in [-0.4, -0.2) is 26.4 Å². The Morgan fingerprint density at radius 3 is 2.73 bits per heavy atom. The second-order valence-electron chi connectivity index (χ2n) is 6.36. The Labute approximate surface area is 152 Å². The number of aromatic nitrogens is 3. The third-order valence-electron chi connectivity index (χ3n) is 4.60. The van der Waals surface area contributed by atoms with E-state index in [1.165, 1.54) is 0 Å². The number of aliphatic hydroxyl groups excluding tert-OH is 1. The van der Waals surface area contributed by atoms with Gasteiger partial charge in [-0.1, -0.05) is 36.4 Å². The molecule has 0 fully saturated rings. The van der Waals surface area contributed by atoms with Crippen molar-refractivity contribution in [3.05, 3.63) is 77.2 Å². The summed E-state index contributed by atoms with van der Waals surface area (Å²) in [4.78, 5) is 6.56. The molecule has 1 atom stereocenters. The average molecular weight is 345 g/mol. The fourth-order valence-electron chi connectivity index (χ4n) is 3.28. The van der Waals surface area contributed by atoms with Crippen molar-refractivity contribution < 1.29 is 5.11 Å². The molecular weight excluding hydrogens is 326 g/mol. The first-order chi connectivity index (χ1) is 12.7. The zero-order valence-electron chi connectivity index (χ0n) is 14.3.